The van der Waals surface area contributed by atoms with Gasteiger partial charge in [-0.15, -0.1) is 11.3 Å². The molecule has 0 radical (unpaired) electrons. The maximum atomic E-state index is 12.8. The number of rotatable bonds is 6. The van der Waals surface area contributed by atoms with Gasteiger partial charge in [-0.3, -0.25) is 4.79 Å². The minimum Gasteiger partial charge on any atom is -0.298 e. The van der Waals surface area contributed by atoms with Gasteiger partial charge in [-0.25, -0.2) is 8.42 Å². The van der Waals surface area contributed by atoms with Crippen LogP contribution in [-0.4, -0.2) is 20.0 Å². The number of hydrogen-bond acceptors (Lipinski definition) is 4. The van der Waals surface area contributed by atoms with E-state index in [9.17, 15) is 13.2 Å². The average Bonchev–Trinajstić information content (AvgIpc) is 2.91. The first-order valence-electron chi connectivity index (χ1n) is 7.43. The first kappa shape index (κ1) is 16.7. The Morgan fingerprint density at radius 3 is 2.39 bits per heavy atom. The van der Waals surface area contributed by atoms with Gasteiger partial charge in [-0.05, 0) is 42.0 Å². The molecule has 1 fully saturated rings. The molecule has 1 aliphatic carbocycles. The van der Waals surface area contributed by atoms with Crippen molar-refractivity contribution in [1.82, 2.24) is 0 Å². The third-order valence-corrected chi connectivity index (χ3v) is 7.19. The zero-order valence-electron chi connectivity index (χ0n) is 12.5. The van der Waals surface area contributed by atoms with Crippen LogP contribution >= 0.6 is 22.9 Å². The van der Waals surface area contributed by atoms with Gasteiger partial charge >= 0.3 is 0 Å². The van der Waals surface area contributed by atoms with Crippen molar-refractivity contribution in [2.75, 3.05) is 5.75 Å². The first-order valence-corrected chi connectivity index (χ1v) is 10.5. The summed E-state index contributed by atoms with van der Waals surface area (Å²) in [5.74, 6) is -0.650. The molecule has 3 nitrogen and oxygen atoms in total. The van der Waals surface area contributed by atoms with E-state index in [1.165, 1.54) is 11.3 Å². The Labute approximate surface area is 145 Å². The van der Waals surface area contributed by atoms with Crippen LogP contribution in [0.25, 0.3) is 0 Å². The maximum absolute atomic E-state index is 12.8. The molecule has 1 aromatic carbocycles. The van der Waals surface area contributed by atoms with E-state index in [-0.39, 0.29) is 11.5 Å². The summed E-state index contributed by atoms with van der Waals surface area (Å²) >= 11 is 7.31. The van der Waals surface area contributed by atoms with E-state index >= 15 is 0 Å². The van der Waals surface area contributed by atoms with Crippen molar-refractivity contribution in [3.8, 4) is 0 Å². The molecule has 1 heterocycles. The van der Waals surface area contributed by atoms with E-state index in [2.05, 4.69) is 0 Å². The van der Waals surface area contributed by atoms with E-state index in [0.29, 0.717) is 17.9 Å². The molecule has 1 aliphatic rings. The highest BCUT2D eigenvalue weighted by Crippen LogP contribution is 2.45. The largest absolute Gasteiger partial charge is 0.298 e. The third kappa shape index (κ3) is 3.52. The molecule has 0 atom stereocenters. The van der Waals surface area contributed by atoms with Crippen molar-refractivity contribution in [2.45, 2.75) is 30.4 Å². The van der Waals surface area contributed by atoms with E-state index in [1.807, 2.05) is 23.6 Å². The third-order valence-electron chi connectivity index (χ3n) is 4.43. The molecule has 3 rings (SSSR count). The molecule has 0 amide bonds. The fourth-order valence-corrected chi connectivity index (χ4v) is 5.76. The van der Waals surface area contributed by atoms with Crippen LogP contribution in [0.4, 0.5) is 0 Å². The fourth-order valence-electron chi connectivity index (χ4n) is 3.03. The predicted molar refractivity (Wildman–Crippen MR) is 93.8 cm³/mol. The van der Waals surface area contributed by atoms with E-state index < -0.39 is 21.0 Å². The molecule has 0 N–H and O–H groups in total. The van der Waals surface area contributed by atoms with Crippen molar-refractivity contribution in [1.29, 1.82) is 0 Å². The number of hydrogen-bond donors (Lipinski definition) is 0. The standard InChI is InChI=1S/C17H17ClO3S2/c18-14-6-4-13(5-7-14)17(8-2-9-17)16(19)12-23(20,21)11-15-3-1-10-22-15/h1,3-7,10H,2,8-9,11-12H2. The van der Waals surface area contributed by atoms with Crippen LogP contribution in [0, 0.1) is 0 Å². The topological polar surface area (TPSA) is 51.2 Å². The van der Waals surface area contributed by atoms with Crippen molar-refractivity contribution >= 4 is 38.6 Å². The number of Topliss-reactive ketones (excluding diaryl/α,β-unsaturated/α-hetero) is 1. The zero-order chi connectivity index (χ0) is 16.5. The Morgan fingerprint density at radius 1 is 1.17 bits per heavy atom. The molecule has 1 aromatic heterocycles. The second-order valence-corrected chi connectivity index (χ2v) is 9.51. The van der Waals surface area contributed by atoms with Gasteiger partial charge in [0.1, 0.15) is 5.75 Å². The summed E-state index contributed by atoms with van der Waals surface area (Å²) in [7, 11) is -3.44. The summed E-state index contributed by atoms with van der Waals surface area (Å²) in [4.78, 5) is 13.5. The second-order valence-electron chi connectivity index (χ2n) is 5.98. The molecule has 0 aliphatic heterocycles. The van der Waals surface area contributed by atoms with Gasteiger partial charge in [0, 0.05) is 9.90 Å². The average molecular weight is 369 g/mol. The van der Waals surface area contributed by atoms with Crippen molar-refractivity contribution in [2.24, 2.45) is 0 Å². The van der Waals surface area contributed by atoms with E-state index in [0.717, 1.165) is 16.9 Å². The Morgan fingerprint density at radius 2 is 1.87 bits per heavy atom. The maximum Gasteiger partial charge on any atom is 0.162 e. The SMILES string of the molecule is O=C(CS(=O)(=O)Cc1cccs1)C1(c2ccc(Cl)cc2)CCC1. The number of carbonyl (C=O) groups excluding carboxylic acids is 1. The summed E-state index contributed by atoms with van der Waals surface area (Å²) in [6.07, 6.45) is 2.36. The molecule has 1 saturated carbocycles. The number of halogens is 1. The molecule has 0 saturated heterocycles. The normalized spacial score (nSPS) is 16.7. The van der Waals surface area contributed by atoms with Crippen LogP contribution in [-0.2, 0) is 25.8 Å². The van der Waals surface area contributed by atoms with Crippen molar-refractivity contribution in [3.63, 3.8) is 0 Å². The summed E-state index contributed by atoms with van der Waals surface area (Å²) in [5, 5.41) is 2.45. The van der Waals surface area contributed by atoms with E-state index in [1.54, 1.807) is 18.2 Å². The summed E-state index contributed by atoms with van der Waals surface area (Å²) in [6.45, 7) is 0. The highest BCUT2D eigenvalue weighted by molar-refractivity contribution is 7.91. The Balaban J connectivity index is 1.79. The van der Waals surface area contributed by atoms with Crippen molar-refractivity contribution < 1.29 is 13.2 Å². The van der Waals surface area contributed by atoms with Crippen LogP contribution in [0.15, 0.2) is 41.8 Å². The minimum atomic E-state index is -3.44. The number of ketones is 1. The zero-order valence-corrected chi connectivity index (χ0v) is 14.9. The van der Waals surface area contributed by atoms with Crippen LogP contribution in [0.1, 0.15) is 29.7 Å². The van der Waals surface area contributed by atoms with Gasteiger partial charge in [0.05, 0.1) is 11.2 Å². The molecule has 2 aromatic rings. The van der Waals surface area contributed by atoms with Gasteiger partial charge in [0.2, 0.25) is 0 Å². The lowest BCUT2D eigenvalue weighted by molar-refractivity contribution is -0.125. The summed E-state index contributed by atoms with van der Waals surface area (Å²) < 4.78 is 24.7. The number of sulfone groups is 1. The number of thiophene rings is 1. The molecule has 122 valence electrons. The lowest BCUT2D eigenvalue weighted by atomic mass is 9.62. The Kier molecular flexibility index (Phi) is 4.63. The molecule has 23 heavy (non-hydrogen) atoms. The highest BCUT2D eigenvalue weighted by Gasteiger charge is 2.46. The van der Waals surface area contributed by atoms with Gasteiger partial charge in [-0.2, -0.15) is 0 Å². The van der Waals surface area contributed by atoms with Crippen molar-refractivity contribution in [3.05, 3.63) is 57.2 Å². The second kappa shape index (κ2) is 6.38. The summed E-state index contributed by atoms with van der Waals surface area (Å²) in [6, 6.07) is 10.8. The van der Waals surface area contributed by atoms with Gasteiger partial charge in [-0.1, -0.05) is 36.2 Å². The highest BCUT2D eigenvalue weighted by atomic mass is 35.5. The molecular weight excluding hydrogens is 352 g/mol. The first-order chi connectivity index (χ1) is 10.9. The number of carbonyl (C=O) groups is 1. The van der Waals surface area contributed by atoms with Gasteiger partial charge in [0.15, 0.2) is 15.6 Å². The monoisotopic (exact) mass is 368 g/mol. The fraction of sp³-hybridized carbons (Fsp3) is 0.353. The lowest BCUT2D eigenvalue weighted by Crippen LogP contribution is -2.45. The molecular formula is C17H17ClO3S2. The number of benzene rings is 1. The minimum absolute atomic E-state index is 0.0624. The summed E-state index contributed by atoms with van der Waals surface area (Å²) in [5.41, 5.74) is 0.233. The molecule has 0 unspecified atom stereocenters. The van der Waals surface area contributed by atoms with Crippen LogP contribution in [0.2, 0.25) is 5.02 Å². The van der Waals surface area contributed by atoms with E-state index in [4.69, 9.17) is 11.6 Å². The Bertz CT molecular complexity index is 789. The van der Waals surface area contributed by atoms with Crippen LogP contribution in [0.5, 0.6) is 0 Å². The lowest BCUT2D eigenvalue weighted by Gasteiger charge is -2.41. The Hall–Kier alpha value is -1.17. The molecule has 6 heteroatoms. The predicted octanol–water partition coefficient (Wildman–Crippen LogP) is 4.01. The quantitative estimate of drug-likeness (QED) is 0.774. The molecule has 0 spiro atoms. The smallest absolute Gasteiger partial charge is 0.162 e. The molecule has 0 bridgehead atoms. The van der Waals surface area contributed by atoms with Crippen LogP contribution < -0.4 is 0 Å². The van der Waals surface area contributed by atoms with Gasteiger partial charge < -0.3 is 0 Å². The van der Waals surface area contributed by atoms with Gasteiger partial charge in [0.25, 0.3) is 0 Å². The van der Waals surface area contributed by atoms with Crippen LogP contribution in [0.3, 0.4) is 0 Å².